The molecule has 0 aliphatic carbocycles. The monoisotopic (exact) mass is 314 g/mol. The first-order chi connectivity index (χ1) is 10.5. The summed E-state index contributed by atoms with van der Waals surface area (Å²) in [6, 6.07) is 14.2. The van der Waals surface area contributed by atoms with Gasteiger partial charge in [-0.3, -0.25) is 0 Å². The van der Waals surface area contributed by atoms with Crippen LogP contribution in [0, 0.1) is 13.8 Å². The average Bonchev–Trinajstić information content (AvgIpc) is 2.51. The maximum Gasteiger partial charge on any atom is 0.173 e. The Morgan fingerprint density at radius 2 is 1.77 bits per heavy atom. The van der Waals surface area contributed by atoms with Gasteiger partial charge in [-0.2, -0.15) is 0 Å². The van der Waals surface area contributed by atoms with Crippen LogP contribution in [0.15, 0.2) is 42.5 Å². The molecule has 0 fully saturated rings. The lowest BCUT2D eigenvalue weighted by atomic mass is 10.1. The molecule has 2 aromatic carbocycles. The molecule has 4 heteroatoms. The van der Waals surface area contributed by atoms with Gasteiger partial charge in [-0.25, -0.2) is 0 Å². The number of aryl methyl sites for hydroxylation is 2. The number of ether oxygens (including phenoxy) is 1. The number of para-hydroxylation sites is 1. The number of anilines is 1. The Kier molecular flexibility index (Phi) is 5.39. The predicted molar refractivity (Wildman–Crippen MR) is 96.6 cm³/mol. The van der Waals surface area contributed by atoms with Crippen LogP contribution in [-0.4, -0.2) is 24.2 Å². The van der Waals surface area contributed by atoms with E-state index in [4.69, 9.17) is 17.0 Å². The van der Waals surface area contributed by atoms with Gasteiger partial charge < -0.3 is 15.0 Å². The van der Waals surface area contributed by atoms with E-state index >= 15 is 0 Å². The topological polar surface area (TPSA) is 24.5 Å². The lowest BCUT2D eigenvalue weighted by Crippen LogP contribution is -2.31. The molecule has 3 nitrogen and oxygen atoms in total. The van der Waals surface area contributed by atoms with E-state index in [1.54, 1.807) is 7.11 Å². The van der Waals surface area contributed by atoms with Crippen LogP contribution < -0.4 is 10.1 Å². The van der Waals surface area contributed by atoms with Gasteiger partial charge in [0.05, 0.1) is 7.11 Å². The van der Waals surface area contributed by atoms with Crippen LogP contribution in [0.4, 0.5) is 5.69 Å². The Bertz CT molecular complexity index is 650. The third-order valence-electron chi connectivity index (χ3n) is 3.61. The Labute approximate surface area is 137 Å². The van der Waals surface area contributed by atoms with Crippen LogP contribution in [0.3, 0.4) is 0 Å². The van der Waals surface area contributed by atoms with Crippen molar-refractivity contribution in [3.63, 3.8) is 0 Å². The van der Waals surface area contributed by atoms with Gasteiger partial charge >= 0.3 is 0 Å². The Morgan fingerprint density at radius 3 is 2.41 bits per heavy atom. The summed E-state index contributed by atoms with van der Waals surface area (Å²) < 4.78 is 5.26. The highest BCUT2D eigenvalue weighted by Crippen LogP contribution is 2.20. The number of hydrogen-bond acceptors (Lipinski definition) is 2. The normalized spacial score (nSPS) is 10.2. The molecule has 0 spiro atoms. The van der Waals surface area contributed by atoms with E-state index in [0.29, 0.717) is 5.11 Å². The Hall–Kier alpha value is -2.07. The van der Waals surface area contributed by atoms with E-state index in [-0.39, 0.29) is 0 Å². The molecule has 116 valence electrons. The van der Waals surface area contributed by atoms with Gasteiger partial charge in [0.25, 0.3) is 0 Å². The number of nitrogens with zero attached hydrogens (tertiary/aromatic N) is 1. The molecule has 0 atom stereocenters. The first-order valence-electron chi connectivity index (χ1n) is 7.22. The molecule has 0 heterocycles. The van der Waals surface area contributed by atoms with E-state index in [9.17, 15) is 0 Å². The second-order valence-corrected chi connectivity index (χ2v) is 5.79. The zero-order valence-electron chi connectivity index (χ0n) is 13.5. The van der Waals surface area contributed by atoms with E-state index in [1.807, 2.05) is 30.1 Å². The maximum absolute atomic E-state index is 5.52. The molecule has 0 bridgehead atoms. The molecule has 0 saturated heterocycles. The van der Waals surface area contributed by atoms with Gasteiger partial charge in [0.1, 0.15) is 5.75 Å². The summed E-state index contributed by atoms with van der Waals surface area (Å²) in [6.45, 7) is 4.90. The summed E-state index contributed by atoms with van der Waals surface area (Å²) in [7, 11) is 3.67. The van der Waals surface area contributed by atoms with E-state index in [0.717, 1.165) is 23.5 Å². The Balaban J connectivity index is 2.06. The SMILES string of the molecule is COc1cccc(CN(C)C(=S)Nc2c(C)cccc2C)c1. The standard InChI is InChI=1S/C18H22N2OS/c1-13-7-5-8-14(2)17(13)19-18(22)20(3)12-15-9-6-10-16(11-15)21-4/h5-11H,12H2,1-4H3,(H,19,22). The number of methoxy groups -OCH3 is 1. The van der Waals surface area contributed by atoms with Crippen molar-refractivity contribution in [3.8, 4) is 5.75 Å². The van der Waals surface area contributed by atoms with Gasteiger partial charge in [0.15, 0.2) is 5.11 Å². The van der Waals surface area contributed by atoms with Gasteiger partial charge in [0, 0.05) is 19.3 Å². The molecular formula is C18H22N2OS. The van der Waals surface area contributed by atoms with Crippen molar-refractivity contribution in [3.05, 3.63) is 59.2 Å². The number of thiocarbonyl (C=S) groups is 1. The molecule has 2 rings (SSSR count). The zero-order chi connectivity index (χ0) is 16.1. The van der Waals surface area contributed by atoms with Crippen LogP contribution in [0.5, 0.6) is 5.75 Å². The summed E-state index contributed by atoms with van der Waals surface area (Å²) >= 11 is 5.52. The minimum atomic E-state index is 0.709. The summed E-state index contributed by atoms with van der Waals surface area (Å²) in [4.78, 5) is 2.02. The summed E-state index contributed by atoms with van der Waals surface area (Å²) in [5.41, 5.74) is 4.63. The number of rotatable bonds is 4. The van der Waals surface area contributed by atoms with Gasteiger partial charge in [0.2, 0.25) is 0 Å². The van der Waals surface area contributed by atoms with Crippen LogP contribution in [-0.2, 0) is 6.54 Å². The van der Waals surface area contributed by atoms with Crippen LogP contribution >= 0.6 is 12.2 Å². The fraction of sp³-hybridized carbons (Fsp3) is 0.278. The number of nitrogens with one attached hydrogen (secondary N) is 1. The van der Waals surface area contributed by atoms with Gasteiger partial charge in [-0.15, -0.1) is 0 Å². The Morgan fingerprint density at radius 1 is 1.14 bits per heavy atom. The van der Waals surface area contributed by atoms with Crippen molar-refractivity contribution in [2.75, 3.05) is 19.5 Å². The first-order valence-corrected chi connectivity index (χ1v) is 7.63. The molecule has 1 N–H and O–H groups in total. The largest absolute Gasteiger partial charge is 0.497 e. The van der Waals surface area contributed by atoms with Crippen molar-refractivity contribution in [2.45, 2.75) is 20.4 Å². The van der Waals surface area contributed by atoms with Crippen LogP contribution in [0.1, 0.15) is 16.7 Å². The quantitative estimate of drug-likeness (QED) is 0.857. The predicted octanol–water partition coefficient (Wildman–Crippen LogP) is 4.14. The number of benzene rings is 2. The maximum atomic E-state index is 5.52. The lowest BCUT2D eigenvalue weighted by molar-refractivity contribution is 0.413. The number of hydrogen-bond donors (Lipinski definition) is 1. The van der Waals surface area contributed by atoms with Gasteiger partial charge in [-0.05, 0) is 54.9 Å². The molecular weight excluding hydrogens is 292 g/mol. The molecule has 22 heavy (non-hydrogen) atoms. The molecule has 0 radical (unpaired) electrons. The van der Waals surface area contributed by atoms with Crippen molar-refractivity contribution < 1.29 is 4.74 Å². The highest BCUT2D eigenvalue weighted by molar-refractivity contribution is 7.80. The molecule has 0 aliphatic rings. The molecule has 0 aromatic heterocycles. The van der Waals surface area contributed by atoms with Crippen molar-refractivity contribution in [1.29, 1.82) is 0 Å². The van der Waals surface area contributed by atoms with Crippen LogP contribution in [0.25, 0.3) is 0 Å². The fourth-order valence-corrected chi connectivity index (χ4v) is 2.50. The zero-order valence-corrected chi connectivity index (χ0v) is 14.3. The van der Waals surface area contributed by atoms with Crippen molar-refractivity contribution in [1.82, 2.24) is 4.90 Å². The van der Waals surface area contributed by atoms with Crippen LogP contribution in [0.2, 0.25) is 0 Å². The lowest BCUT2D eigenvalue weighted by Gasteiger charge is -2.23. The first kappa shape index (κ1) is 16.3. The highest BCUT2D eigenvalue weighted by atomic mass is 32.1. The van der Waals surface area contributed by atoms with E-state index < -0.39 is 0 Å². The average molecular weight is 314 g/mol. The summed E-state index contributed by atoms with van der Waals surface area (Å²) in [6.07, 6.45) is 0. The minimum Gasteiger partial charge on any atom is -0.497 e. The summed E-state index contributed by atoms with van der Waals surface area (Å²) in [5, 5.41) is 4.06. The molecule has 0 saturated carbocycles. The van der Waals surface area contributed by atoms with Crippen molar-refractivity contribution in [2.24, 2.45) is 0 Å². The van der Waals surface area contributed by atoms with E-state index in [1.165, 1.54) is 11.1 Å². The third kappa shape index (κ3) is 3.98. The fourth-order valence-electron chi connectivity index (χ4n) is 2.33. The molecule has 0 amide bonds. The second kappa shape index (κ2) is 7.27. The third-order valence-corrected chi connectivity index (χ3v) is 4.03. The summed E-state index contributed by atoms with van der Waals surface area (Å²) in [5.74, 6) is 0.861. The van der Waals surface area contributed by atoms with Crippen molar-refractivity contribution >= 4 is 23.0 Å². The highest BCUT2D eigenvalue weighted by Gasteiger charge is 2.09. The minimum absolute atomic E-state index is 0.709. The molecule has 2 aromatic rings. The van der Waals surface area contributed by atoms with Gasteiger partial charge in [-0.1, -0.05) is 30.3 Å². The smallest absolute Gasteiger partial charge is 0.173 e. The molecule has 0 aliphatic heterocycles. The van der Waals surface area contributed by atoms with E-state index in [2.05, 4.69) is 43.4 Å². The molecule has 0 unspecified atom stereocenters. The second-order valence-electron chi connectivity index (χ2n) is 5.40.